The number of fused-ring (bicyclic) bond motifs is 1. The highest BCUT2D eigenvalue weighted by Gasteiger charge is 2.59. The molecule has 0 spiro atoms. The molecule has 1 aromatic heterocycles. The minimum Gasteiger partial charge on any atom is -0.376 e. The van der Waals surface area contributed by atoms with Crippen LogP contribution in [0, 0.1) is 5.82 Å². The van der Waals surface area contributed by atoms with Crippen LogP contribution in [0.25, 0.3) is 21.9 Å². The molecular formula is C25H18ClF4NO. The molecule has 0 radical (unpaired) electrons. The van der Waals surface area contributed by atoms with Crippen LogP contribution >= 0.6 is 11.6 Å². The van der Waals surface area contributed by atoms with E-state index in [9.17, 15) is 22.7 Å². The molecule has 0 bridgehead atoms. The highest BCUT2D eigenvalue weighted by Crippen LogP contribution is 2.51. The molecule has 4 rings (SSSR count). The van der Waals surface area contributed by atoms with Gasteiger partial charge in [0.05, 0.1) is 0 Å². The first kappa shape index (κ1) is 22.2. The normalized spacial score (nSPS) is 14.8. The van der Waals surface area contributed by atoms with E-state index in [0.29, 0.717) is 16.5 Å². The van der Waals surface area contributed by atoms with Gasteiger partial charge in [0.15, 0.2) is 5.60 Å². The van der Waals surface area contributed by atoms with Gasteiger partial charge in [-0.05, 0) is 46.3 Å². The zero-order valence-electron chi connectivity index (χ0n) is 16.9. The molecular weight excluding hydrogens is 442 g/mol. The van der Waals surface area contributed by atoms with Crippen LogP contribution in [-0.2, 0) is 5.60 Å². The smallest absolute Gasteiger partial charge is 0.376 e. The second-order valence-corrected chi connectivity index (χ2v) is 8.04. The highest BCUT2D eigenvalue weighted by molar-refractivity contribution is 6.31. The summed E-state index contributed by atoms with van der Waals surface area (Å²) in [6.45, 7) is 1.29. The number of halogens is 5. The molecule has 164 valence electrons. The van der Waals surface area contributed by atoms with Gasteiger partial charge in [-0.1, -0.05) is 61.0 Å². The number of hydrogen-bond acceptors (Lipinski definition) is 2. The molecule has 1 heterocycles. The summed E-state index contributed by atoms with van der Waals surface area (Å²) in [7, 11) is 0. The second kappa shape index (κ2) is 8.19. The van der Waals surface area contributed by atoms with E-state index in [0.717, 1.165) is 0 Å². The molecule has 0 saturated heterocycles. The van der Waals surface area contributed by atoms with E-state index >= 15 is 0 Å². The fourth-order valence-corrected chi connectivity index (χ4v) is 4.38. The lowest BCUT2D eigenvalue weighted by molar-refractivity contribution is -0.274. The lowest BCUT2D eigenvalue weighted by Gasteiger charge is -2.37. The Balaban J connectivity index is 1.85. The van der Waals surface area contributed by atoms with Gasteiger partial charge in [-0.25, -0.2) is 4.39 Å². The van der Waals surface area contributed by atoms with E-state index in [1.807, 2.05) is 0 Å². The van der Waals surface area contributed by atoms with E-state index in [-0.39, 0.29) is 21.5 Å². The van der Waals surface area contributed by atoms with Crippen molar-refractivity contribution in [3.8, 4) is 11.1 Å². The maximum Gasteiger partial charge on any atom is 0.422 e. The average Bonchev–Trinajstić information content (AvgIpc) is 2.77. The van der Waals surface area contributed by atoms with Crippen LogP contribution in [0.3, 0.4) is 0 Å². The monoisotopic (exact) mass is 459 g/mol. The molecule has 0 aliphatic carbocycles. The van der Waals surface area contributed by atoms with Crippen LogP contribution < -0.4 is 0 Å². The summed E-state index contributed by atoms with van der Waals surface area (Å²) in [6, 6.07) is 16.1. The van der Waals surface area contributed by atoms with Gasteiger partial charge in [0.2, 0.25) is 0 Å². The molecule has 0 aliphatic rings. The Morgan fingerprint density at radius 2 is 1.66 bits per heavy atom. The van der Waals surface area contributed by atoms with E-state index in [4.69, 9.17) is 11.6 Å². The van der Waals surface area contributed by atoms with Gasteiger partial charge in [0.1, 0.15) is 5.82 Å². The molecule has 3 aromatic carbocycles. The summed E-state index contributed by atoms with van der Waals surface area (Å²) in [5.74, 6) is -1.87. The summed E-state index contributed by atoms with van der Waals surface area (Å²) in [4.78, 5) is 3.95. The fourth-order valence-electron chi connectivity index (χ4n) is 4.04. The Bertz CT molecular complexity index is 1290. The lowest BCUT2D eigenvalue weighted by Crippen LogP contribution is -2.46. The summed E-state index contributed by atoms with van der Waals surface area (Å²) in [5, 5.41) is 12.0. The van der Waals surface area contributed by atoms with Crippen molar-refractivity contribution in [3.05, 3.63) is 101 Å². The summed E-state index contributed by atoms with van der Waals surface area (Å²) < 4.78 is 56.8. The van der Waals surface area contributed by atoms with Crippen molar-refractivity contribution in [1.29, 1.82) is 0 Å². The summed E-state index contributed by atoms with van der Waals surface area (Å²) in [5.41, 5.74) is -2.27. The molecule has 2 nitrogen and oxygen atoms in total. The number of rotatable bonds is 4. The van der Waals surface area contributed by atoms with E-state index in [1.165, 1.54) is 67.8 Å². The number of aliphatic hydroxyl groups is 1. The molecule has 0 saturated carbocycles. The maximum absolute atomic E-state index is 14.4. The molecule has 7 heteroatoms. The number of hydrogen-bond donors (Lipinski definition) is 1. The van der Waals surface area contributed by atoms with Crippen molar-refractivity contribution in [2.24, 2.45) is 0 Å². The molecule has 0 amide bonds. The van der Waals surface area contributed by atoms with E-state index < -0.39 is 23.5 Å². The zero-order chi connectivity index (χ0) is 23.1. The number of alkyl halides is 3. The van der Waals surface area contributed by atoms with Crippen LogP contribution in [0.5, 0.6) is 0 Å². The Hall–Kier alpha value is -2.96. The molecule has 0 aliphatic heterocycles. The van der Waals surface area contributed by atoms with E-state index in [2.05, 4.69) is 4.98 Å². The van der Waals surface area contributed by atoms with Crippen molar-refractivity contribution in [3.63, 3.8) is 0 Å². The number of aromatic nitrogens is 1. The summed E-state index contributed by atoms with van der Waals surface area (Å²) >= 11 is 6.39. The van der Waals surface area contributed by atoms with Crippen molar-refractivity contribution < 1.29 is 22.7 Å². The third-order valence-corrected chi connectivity index (χ3v) is 6.10. The number of nitrogens with zero attached hydrogens (tertiary/aromatic N) is 1. The first-order valence-electron chi connectivity index (χ1n) is 9.80. The van der Waals surface area contributed by atoms with Crippen molar-refractivity contribution in [2.45, 2.75) is 24.6 Å². The number of benzene rings is 3. The fraction of sp³-hybridized carbons (Fsp3) is 0.160. The van der Waals surface area contributed by atoms with Gasteiger partial charge in [-0.2, -0.15) is 13.2 Å². The Kier molecular flexibility index (Phi) is 5.69. The molecule has 1 N–H and O–H groups in total. The van der Waals surface area contributed by atoms with Crippen LogP contribution in [0.2, 0.25) is 5.02 Å². The second-order valence-electron chi connectivity index (χ2n) is 7.63. The minimum absolute atomic E-state index is 0.0452. The first-order valence-corrected chi connectivity index (χ1v) is 10.2. The molecule has 2 unspecified atom stereocenters. The first-order chi connectivity index (χ1) is 15.1. The van der Waals surface area contributed by atoms with Gasteiger partial charge >= 0.3 is 6.18 Å². The average molecular weight is 460 g/mol. The molecule has 32 heavy (non-hydrogen) atoms. The molecule has 2 atom stereocenters. The van der Waals surface area contributed by atoms with E-state index in [1.54, 1.807) is 18.2 Å². The van der Waals surface area contributed by atoms with Crippen molar-refractivity contribution in [1.82, 2.24) is 4.98 Å². The van der Waals surface area contributed by atoms with Gasteiger partial charge in [0, 0.05) is 34.3 Å². The maximum atomic E-state index is 14.4. The Morgan fingerprint density at radius 3 is 2.34 bits per heavy atom. The predicted octanol–water partition coefficient (Wildman–Crippen LogP) is 7.25. The predicted molar refractivity (Wildman–Crippen MR) is 117 cm³/mol. The largest absolute Gasteiger partial charge is 0.422 e. The third kappa shape index (κ3) is 3.74. The van der Waals surface area contributed by atoms with Gasteiger partial charge < -0.3 is 5.11 Å². The van der Waals surface area contributed by atoms with Gasteiger partial charge in [0.25, 0.3) is 0 Å². The quantitative estimate of drug-likeness (QED) is 0.326. The van der Waals surface area contributed by atoms with Gasteiger partial charge in [-0.15, -0.1) is 0 Å². The van der Waals surface area contributed by atoms with Crippen molar-refractivity contribution in [2.75, 3.05) is 0 Å². The molecule has 4 aromatic rings. The topological polar surface area (TPSA) is 33.1 Å². The minimum atomic E-state index is -4.99. The standard InChI is InChI=1S/C25H18ClF4NO/c1-15(20-9-8-17(13-23(20)26)16-4-2-6-19(27)12-16)24(32,25(28,29)30)22-7-3-5-18-14-31-11-10-21(18)22/h2-15,32H,1H3. The van der Waals surface area contributed by atoms with Crippen LogP contribution in [0.15, 0.2) is 79.1 Å². The lowest BCUT2D eigenvalue weighted by atomic mass is 9.76. The molecule has 0 fully saturated rings. The van der Waals surface area contributed by atoms with Crippen molar-refractivity contribution >= 4 is 22.4 Å². The van der Waals surface area contributed by atoms with Gasteiger partial charge in [-0.3, -0.25) is 4.98 Å². The SMILES string of the molecule is CC(c1ccc(-c2cccc(F)c2)cc1Cl)C(O)(c1cccc2cnccc12)C(F)(F)F. The Morgan fingerprint density at radius 1 is 0.938 bits per heavy atom. The van der Waals surface area contributed by atoms with Crippen LogP contribution in [0.1, 0.15) is 24.0 Å². The number of pyridine rings is 1. The summed E-state index contributed by atoms with van der Waals surface area (Å²) in [6.07, 6.45) is -2.16. The zero-order valence-corrected chi connectivity index (χ0v) is 17.6. The highest BCUT2D eigenvalue weighted by atomic mass is 35.5. The third-order valence-electron chi connectivity index (χ3n) is 5.78. The Labute approximate surface area is 187 Å². The van der Waals surface area contributed by atoms with Crippen LogP contribution in [0.4, 0.5) is 17.6 Å². The van der Waals surface area contributed by atoms with Crippen LogP contribution in [-0.4, -0.2) is 16.3 Å².